The van der Waals surface area contributed by atoms with Crippen molar-refractivity contribution in [2.75, 3.05) is 6.61 Å². The van der Waals surface area contributed by atoms with Gasteiger partial charge in [0.2, 0.25) is 0 Å². The van der Waals surface area contributed by atoms with E-state index < -0.39 is 0 Å². The molecule has 2 heteroatoms. The van der Waals surface area contributed by atoms with Crippen LogP contribution < -0.4 is 9.47 Å². The fourth-order valence-corrected chi connectivity index (χ4v) is 1.97. The average molecular weight is 206 g/mol. The quantitative estimate of drug-likeness (QED) is 0.739. The molecule has 0 radical (unpaired) electrons. The van der Waals surface area contributed by atoms with Gasteiger partial charge in [-0.05, 0) is 24.5 Å². The van der Waals surface area contributed by atoms with Gasteiger partial charge in [-0.15, -0.1) is 0 Å². The maximum Gasteiger partial charge on any atom is 0.162 e. The molecule has 0 saturated carbocycles. The van der Waals surface area contributed by atoms with Crippen LogP contribution in [0.4, 0.5) is 0 Å². The number of benzene rings is 1. The zero-order valence-electron chi connectivity index (χ0n) is 9.62. The van der Waals surface area contributed by atoms with Crippen molar-refractivity contribution < 1.29 is 9.47 Å². The molecule has 1 unspecified atom stereocenters. The van der Waals surface area contributed by atoms with E-state index in [4.69, 9.17) is 9.47 Å². The summed E-state index contributed by atoms with van der Waals surface area (Å²) in [5.41, 5.74) is -0.158. The molecule has 0 N–H and O–H groups in total. The molecule has 0 spiro atoms. The first-order chi connectivity index (χ1) is 7.18. The Morgan fingerprint density at radius 1 is 1.27 bits per heavy atom. The maximum atomic E-state index is 6.11. The zero-order chi connectivity index (χ0) is 10.9. The first-order valence-corrected chi connectivity index (χ1v) is 5.59. The van der Waals surface area contributed by atoms with Gasteiger partial charge in [-0.2, -0.15) is 0 Å². The summed E-state index contributed by atoms with van der Waals surface area (Å²) in [6.45, 7) is 7.16. The van der Waals surface area contributed by atoms with E-state index in [1.807, 2.05) is 24.3 Å². The van der Waals surface area contributed by atoms with Gasteiger partial charge in [-0.25, -0.2) is 0 Å². The molecule has 0 aromatic heterocycles. The predicted octanol–water partition coefficient (Wildman–Crippen LogP) is 3.26. The minimum Gasteiger partial charge on any atom is -0.486 e. The Bertz CT molecular complexity index is 346. The molecule has 1 aliphatic heterocycles. The Balaban J connectivity index is 2.31. The summed E-state index contributed by atoms with van der Waals surface area (Å²) in [5, 5.41) is 0. The second-order valence-corrected chi connectivity index (χ2v) is 4.41. The Hall–Kier alpha value is -1.18. The van der Waals surface area contributed by atoms with Crippen molar-refractivity contribution in [2.45, 2.75) is 32.8 Å². The van der Waals surface area contributed by atoms with Gasteiger partial charge in [0.25, 0.3) is 0 Å². The van der Waals surface area contributed by atoms with Crippen LogP contribution in [0.15, 0.2) is 24.3 Å². The van der Waals surface area contributed by atoms with Crippen molar-refractivity contribution in [2.24, 2.45) is 5.92 Å². The monoisotopic (exact) mass is 206 g/mol. The lowest BCUT2D eigenvalue weighted by atomic mass is 9.87. The van der Waals surface area contributed by atoms with Crippen LogP contribution in [0, 0.1) is 5.92 Å². The number of ether oxygens (including phenoxy) is 2. The van der Waals surface area contributed by atoms with E-state index in [-0.39, 0.29) is 5.60 Å². The van der Waals surface area contributed by atoms with Gasteiger partial charge in [-0.3, -0.25) is 0 Å². The molecular weight excluding hydrogens is 188 g/mol. The van der Waals surface area contributed by atoms with Gasteiger partial charge >= 0.3 is 0 Å². The number of hydrogen-bond acceptors (Lipinski definition) is 2. The molecule has 82 valence electrons. The highest BCUT2D eigenvalue weighted by atomic mass is 16.6. The Morgan fingerprint density at radius 2 is 1.93 bits per heavy atom. The Kier molecular flexibility index (Phi) is 2.59. The average Bonchev–Trinajstić information content (AvgIpc) is 2.28. The number of para-hydroxylation sites is 2. The van der Waals surface area contributed by atoms with Crippen LogP contribution in [0.5, 0.6) is 11.5 Å². The smallest absolute Gasteiger partial charge is 0.162 e. The standard InChI is InChI=1S/C13H18O2/c1-4-13(10(2)3)9-14-11-7-5-6-8-12(11)15-13/h5-8,10H,4,9H2,1-3H3. The zero-order valence-corrected chi connectivity index (χ0v) is 9.62. The van der Waals surface area contributed by atoms with Crippen molar-refractivity contribution >= 4 is 0 Å². The largest absolute Gasteiger partial charge is 0.486 e. The highest BCUT2D eigenvalue weighted by molar-refractivity contribution is 5.41. The molecule has 1 atom stereocenters. The van der Waals surface area contributed by atoms with Crippen molar-refractivity contribution in [1.29, 1.82) is 0 Å². The van der Waals surface area contributed by atoms with Gasteiger partial charge in [-0.1, -0.05) is 32.9 Å². The summed E-state index contributed by atoms with van der Waals surface area (Å²) in [6, 6.07) is 7.88. The van der Waals surface area contributed by atoms with Gasteiger partial charge in [0, 0.05) is 0 Å². The number of fused-ring (bicyclic) bond motifs is 1. The van der Waals surface area contributed by atoms with E-state index in [0.29, 0.717) is 12.5 Å². The highest BCUT2D eigenvalue weighted by Crippen LogP contribution is 2.39. The highest BCUT2D eigenvalue weighted by Gasteiger charge is 2.39. The normalized spacial score (nSPS) is 24.3. The lowest BCUT2D eigenvalue weighted by Crippen LogP contribution is -2.48. The maximum absolute atomic E-state index is 6.11. The molecule has 15 heavy (non-hydrogen) atoms. The van der Waals surface area contributed by atoms with E-state index in [9.17, 15) is 0 Å². The van der Waals surface area contributed by atoms with E-state index in [1.54, 1.807) is 0 Å². The summed E-state index contributed by atoms with van der Waals surface area (Å²) in [4.78, 5) is 0. The molecule has 0 amide bonds. The van der Waals surface area contributed by atoms with Crippen LogP contribution in [0.2, 0.25) is 0 Å². The summed E-state index contributed by atoms with van der Waals surface area (Å²) in [5.74, 6) is 2.19. The summed E-state index contributed by atoms with van der Waals surface area (Å²) in [7, 11) is 0. The van der Waals surface area contributed by atoms with E-state index >= 15 is 0 Å². The predicted molar refractivity (Wildman–Crippen MR) is 60.4 cm³/mol. The summed E-state index contributed by atoms with van der Waals surface area (Å²) < 4.78 is 11.9. The van der Waals surface area contributed by atoms with Crippen LogP contribution >= 0.6 is 0 Å². The van der Waals surface area contributed by atoms with Crippen molar-refractivity contribution in [1.82, 2.24) is 0 Å². The minimum absolute atomic E-state index is 0.158. The third-order valence-corrected chi connectivity index (χ3v) is 3.29. The first-order valence-electron chi connectivity index (χ1n) is 5.59. The summed E-state index contributed by atoms with van der Waals surface area (Å²) in [6.07, 6.45) is 0.971. The van der Waals surface area contributed by atoms with Crippen LogP contribution in [0.25, 0.3) is 0 Å². The van der Waals surface area contributed by atoms with Crippen LogP contribution in [-0.2, 0) is 0 Å². The third kappa shape index (κ3) is 1.69. The molecule has 1 aromatic carbocycles. The number of hydrogen-bond donors (Lipinski definition) is 0. The first kappa shape index (κ1) is 10.3. The lowest BCUT2D eigenvalue weighted by Gasteiger charge is -2.40. The topological polar surface area (TPSA) is 18.5 Å². The van der Waals surface area contributed by atoms with E-state index in [1.165, 1.54) is 0 Å². The molecule has 1 aromatic rings. The molecule has 0 bridgehead atoms. The SMILES string of the molecule is CCC1(C(C)C)COc2ccccc2O1. The van der Waals surface area contributed by atoms with Gasteiger partial charge in [0.05, 0.1) is 0 Å². The van der Waals surface area contributed by atoms with Crippen LogP contribution in [-0.4, -0.2) is 12.2 Å². The molecule has 0 aliphatic carbocycles. The van der Waals surface area contributed by atoms with Gasteiger partial charge < -0.3 is 9.47 Å². The summed E-state index contributed by atoms with van der Waals surface area (Å²) >= 11 is 0. The van der Waals surface area contributed by atoms with E-state index in [2.05, 4.69) is 20.8 Å². The molecule has 0 fully saturated rings. The molecule has 2 nitrogen and oxygen atoms in total. The van der Waals surface area contributed by atoms with Crippen LogP contribution in [0.1, 0.15) is 27.2 Å². The fourth-order valence-electron chi connectivity index (χ4n) is 1.97. The third-order valence-electron chi connectivity index (χ3n) is 3.29. The number of rotatable bonds is 2. The minimum atomic E-state index is -0.158. The van der Waals surface area contributed by atoms with Crippen molar-refractivity contribution in [3.63, 3.8) is 0 Å². The van der Waals surface area contributed by atoms with Crippen LogP contribution in [0.3, 0.4) is 0 Å². The van der Waals surface area contributed by atoms with Gasteiger partial charge in [0.1, 0.15) is 12.2 Å². The molecule has 2 rings (SSSR count). The van der Waals surface area contributed by atoms with Gasteiger partial charge in [0.15, 0.2) is 11.5 Å². The Labute approximate surface area is 91.2 Å². The van der Waals surface area contributed by atoms with Crippen molar-refractivity contribution in [3.8, 4) is 11.5 Å². The fraction of sp³-hybridized carbons (Fsp3) is 0.538. The molecular formula is C13H18O2. The molecule has 1 heterocycles. The Morgan fingerprint density at radius 3 is 2.53 bits per heavy atom. The van der Waals surface area contributed by atoms with Crippen molar-refractivity contribution in [3.05, 3.63) is 24.3 Å². The molecule has 0 saturated heterocycles. The molecule has 1 aliphatic rings. The second kappa shape index (κ2) is 3.76. The lowest BCUT2D eigenvalue weighted by molar-refractivity contribution is -0.0460. The second-order valence-electron chi connectivity index (χ2n) is 4.41. The van der Waals surface area contributed by atoms with E-state index in [0.717, 1.165) is 17.9 Å².